The number of carbonyl (C=O) groups is 1. The lowest BCUT2D eigenvalue weighted by Crippen LogP contribution is -2.28. The molecule has 0 aliphatic heterocycles. The zero-order valence-corrected chi connectivity index (χ0v) is 8.34. The Kier molecular flexibility index (Phi) is 2.18. The van der Waals surface area contributed by atoms with Crippen LogP contribution in [0.4, 0.5) is 0 Å². The summed E-state index contributed by atoms with van der Waals surface area (Å²) >= 11 is 0. The van der Waals surface area contributed by atoms with Gasteiger partial charge in [-0.2, -0.15) is 0 Å². The molecule has 0 radical (unpaired) electrons. The van der Waals surface area contributed by atoms with Crippen LogP contribution in [0.3, 0.4) is 0 Å². The minimum absolute atomic E-state index is 0.202. The van der Waals surface area contributed by atoms with Crippen LogP contribution in [0.15, 0.2) is 0 Å². The van der Waals surface area contributed by atoms with Crippen LogP contribution in [0, 0.1) is 5.92 Å². The van der Waals surface area contributed by atoms with Gasteiger partial charge in [-0.05, 0) is 23.3 Å². The normalized spacial score (nSPS) is 15.6. The fourth-order valence-electron chi connectivity index (χ4n) is 1.31. The van der Waals surface area contributed by atoms with Crippen molar-refractivity contribution < 1.29 is 4.79 Å². The van der Waals surface area contributed by atoms with Gasteiger partial charge in [0.15, 0.2) is 5.82 Å². The molecule has 1 aliphatic carbocycles. The van der Waals surface area contributed by atoms with Gasteiger partial charge in [-0.1, -0.05) is 0 Å². The molecule has 1 saturated carbocycles. The first-order chi connectivity index (χ1) is 6.68. The molecule has 0 atom stereocenters. The van der Waals surface area contributed by atoms with Crippen LogP contribution < -0.4 is 0 Å². The molecule has 6 nitrogen and oxygen atoms in total. The van der Waals surface area contributed by atoms with E-state index in [0.29, 0.717) is 12.4 Å². The summed E-state index contributed by atoms with van der Waals surface area (Å²) in [5, 5.41) is 11.1. The van der Waals surface area contributed by atoms with Crippen molar-refractivity contribution in [2.24, 2.45) is 13.0 Å². The lowest BCUT2D eigenvalue weighted by atomic mass is 10.3. The molecule has 1 aromatic heterocycles. The average molecular weight is 195 g/mol. The highest BCUT2D eigenvalue weighted by Gasteiger charge is 2.32. The Morgan fingerprint density at radius 2 is 2.36 bits per heavy atom. The largest absolute Gasteiger partial charge is 0.338 e. The molecule has 0 aromatic carbocycles. The Labute approximate surface area is 81.9 Å². The van der Waals surface area contributed by atoms with Crippen molar-refractivity contribution in [1.82, 2.24) is 25.1 Å². The van der Waals surface area contributed by atoms with Gasteiger partial charge in [0.05, 0.1) is 6.54 Å². The molecule has 1 aliphatic rings. The fourth-order valence-corrected chi connectivity index (χ4v) is 1.31. The summed E-state index contributed by atoms with van der Waals surface area (Å²) in [6, 6.07) is 0. The molecule has 0 N–H and O–H groups in total. The molecular weight excluding hydrogens is 182 g/mol. The predicted molar refractivity (Wildman–Crippen MR) is 48.0 cm³/mol. The number of hydrogen-bond donors (Lipinski definition) is 0. The van der Waals surface area contributed by atoms with E-state index < -0.39 is 0 Å². The molecule has 76 valence electrons. The van der Waals surface area contributed by atoms with Crippen molar-refractivity contribution >= 4 is 5.91 Å². The first-order valence-electron chi connectivity index (χ1n) is 4.64. The molecule has 0 spiro atoms. The summed E-state index contributed by atoms with van der Waals surface area (Å²) in [6.07, 6.45) is 2.06. The zero-order chi connectivity index (χ0) is 10.1. The summed E-state index contributed by atoms with van der Waals surface area (Å²) in [5.41, 5.74) is 0. The zero-order valence-electron chi connectivity index (χ0n) is 8.34. The Morgan fingerprint density at radius 3 is 2.86 bits per heavy atom. The van der Waals surface area contributed by atoms with E-state index in [2.05, 4.69) is 15.5 Å². The Bertz CT molecular complexity index is 343. The van der Waals surface area contributed by atoms with Gasteiger partial charge in [0, 0.05) is 20.0 Å². The van der Waals surface area contributed by atoms with Gasteiger partial charge >= 0.3 is 0 Å². The Morgan fingerprint density at radius 1 is 1.64 bits per heavy atom. The lowest BCUT2D eigenvalue weighted by Gasteiger charge is -2.15. The first kappa shape index (κ1) is 9.11. The molecule has 6 heteroatoms. The van der Waals surface area contributed by atoms with E-state index in [0.717, 1.165) is 12.8 Å². The first-order valence-corrected chi connectivity index (χ1v) is 4.64. The number of carbonyl (C=O) groups excluding carboxylic acids is 1. The Hall–Kier alpha value is -1.46. The highest BCUT2D eigenvalue weighted by Crippen LogP contribution is 2.30. The number of rotatable bonds is 3. The molecule has 0 unspecified atom stereocenters. The molecule has 0 saturated heterocycles. The lowest BCUT2D eigenvalue weighted by molar-refractivity contribution is -0.131. The second-order valence-corrected chi connectivity index (χ2v) is 3.69. The number of amides is 1. The second kappa shape index (κ2) is 3.36. The van der Waals surface area contributed by atoms with Gasteiger partial charge < -0.3 is 4.90 Å². The SMILES string of the molecule is CN(Cc1nnnn1C)C(=O)C1CC1. The summed E-state index contributed by atoms with van der Waals surface area (Å²) in [4.78, 5) is 13.3. The van der Waals surface area contributed by atoms with Crippen molar-refractivity contribution in [3.8, 4) is 0 Å². The number of tetrazole rings is 1. The van der Waals surface area contributed by atoms with E-state index in [4.69, 9.17) is 0 Å². The number of hydrogen-bond acceptors (Lipinski definition) is 4. The number of nitrogens with zero attached hydrogens (tertiary/aromatic N) is 5. The van der Waals surface area contributed by atoms with Crippen LogP contribution in [-0.2, 0) is 18.4 Å². The van der Waals surface area contributed by atoms with Crippen LogP contribution in [0.25, 0.3) is 0 Å². The highest BCUT2D eigenvalue weighted by molar-refractivity contribution is 5.80. The maximum Gasteiger partial charge on any atom is 0.225 e. The molecule has 1 amide bonds. The van der Waals surface area contributed by atoms with Crippen molar-refractivity contribution in [2.75, 3.05) is 7.05 Å². The van der Waals surface area contributed by atoms with E-state index in [-0.39, 0.29) is 11.8 Å². The van der Waals surface area contributed by atoms with Crippen molar-refractivity contribution in [2.45, 2.75) is 19.4 Å². The van der Waals surface area contributed by atoms with Gasteiger partial charge in [0.25, 0.3) is 0 Å². The van der Waals surface area contributed by atoms with E-state index >= 15 is 0 Å². The van der Waals surface area contributed by atoms with Crippen LogP contribution in [0.2, 0.25) is 0 Å². The van der Waals surface area contributed by atoms with Gasteiger partial charge in [0.1, 0.15) is 0 Å². The molecule has 1 heterocycles. The third kappa shape index (κ3) is 1.73. The minimum atomic E-state index is 0.202. The number of aryl methyl sites for hydroxylation is 1. The third-order valence-electron chi connectivity index (χ3n) is 2.39. The van der Waals surface area contributed by atoms with Gasteiger partial charge in [-0.25, -0.2) is 4.68 Å². The second-order valence-electron chi connectivity index (χ2n) is 3.69. The van der Waals surface area contributed by atoms with Gasteiger partial charge in [0.2, 0.25) is 5.91 Å². The fraction of sp³-hybridized carbons (Fsp3) is 0.750. The summed E-state index contributed by atoms with van der Waals surface area (Å²) in [6.45, 7) is 0.485. The summed E-state index contributed by atoms with van der Waals surface area (Å²) < 4.78 is 1.58. The quantitative estimate of drug-likeness (QED) is 0.657. The summed E-state index contributed by atoms with van der Waals surface area (Å²) in [7, 11) is 3.56. The predicted octanol–water partition coefficient (Wildman–Crippen LogP) is -0.422. The maximum absolute atomic E-state index is 11.6. The molecular formula is C8H13N5O. The standard InChI is InChI=1S/C8H13N5O/c1-12(8(14)6-3-4-6)5-7-9-10-11-13(7)2/h6H,3-5H2,1-2H3. The van der Waals surface area contributed by atoms with Crippen molar-refractivity contribution in [3.05, 3.63) is 5.82 Å². The van der Waals surface area contributed by atoms with Crippen LogP contribution >= 0.6 is 0 Å². The van der Waals surface area contributed by atoms with Gasteiger partial charge in [-0.15, -0.1) is 5.10 Å². The third-order valence-corrected chi connectivity index (χ3v) is 2.39. The molecule has 14 heavy (non-hydrogen) atoms. The monoisotopic (exact) mass is 195 g/mol. The van der Waals surface area contributed by atoms with Crippen LogP contribution in [0.1, 0.15) is 18.7 Å². The minimum Gasteiger partial charge on any atom is -0.338 e. The average Bonchev–Trinajstić information content (AvgIpc) is 2.92. The van der Waals surface area contributed by atoms with E-state index in [9.17, 15) is 4.79 Å². The summed E-state index contributed by atoms with van der Waals surface area (Å²) in [5.74, 6) is 1.16. The van der Waals surface area contributed by atoms with Crippen LogP contribution in [0.5, 0.6) is 0 Å². The van der Waals surface area contributed by atoms with E-state index in [1.807, 2.05) is 0 Å². The molecule has 1 aromatic rings. The topological polar surface area (TPSA) is 63.9 Å². The highest BCUT2D eigenvalue weighted by atomic mass is 16.2. The van der Waals surface area contributed by atoms with Crippen molar-refractivity contribution in [1.29, 1.82) is 0 Å². The number of aromatic nitrogens is 4. The smallest absolute Gasteiger partial charge is 0.225 e. The van der Waals surface area contributed by atoms with Crippen LogP contribution in [-0.4, -0.2) is 38.1 Å². The van der Waals surface area contributed by atoms with E-state index in [1.165, 1.54) is 0 Å². The molecule has 0 bridgehead atoms. The van der Waals surface area contributed by atoms with E-state index in [1.54, 1.807) is 23.7 Å². The molecule has 1 fully saturated rings. The maximum atomic E-state index is 11.6. The van der Waals surface area contributed by atoms with Gasteiger partial charge in [-0.3, -0.25) is 4.79 Å². The Balaban J connectivity index is 1.96. The molecule has 2 rings (SSSR count). The van der Waals surface area contributed by atoms with Crippen molar-refractivity contribution in [3.63, 3.8) is 0 Å².